The highest BCUT2D eigenvalue weighted by Crippen LogP contribution is 2.26. The summed E-state index contributed by atoms with van der Waals surface area (Å²) in [7, 11) is 0. The van der Waals surface area contributed by atoms with Crippen LogP contribution in [0.2, 0.25) is 0 Å². The Bertz CT molecular complexity index is 1030. The van der Waals surface area contributed by atoms with Crippen molar-refractivity contribution in [1.29, 1.82) is 0 Å². The van der Waals surface area contributed by atoms with Gasteiger partial charge in [-0.2, -0.15) is 0 Å². The van der Waals surface area contributed by atoms with Gasteiger partial charge in [0.25, 0.3) is 0 Å². The van der Waals surface area contributed by atoms with E-state index in [0.717, 1.165) is 44.0 Å². The van der Waals surface area contributed by atoms with Crippen LogP contribution in [-0.4, -0.2) is 0 Å². The lowest BCUT2D eigenvalue weighted by Gasteiger charge is -2.05. The van der Waals surface area contributed by atoms with Crippen molar-refractivity contribution in [2.45, 2.75) is 0 Å². The van der Waals surface area contributed by atoms with E-state index in [1.54, 1.807) is 0 Å². The van der Waals surface area contributed by atoms with Gasteiger partial charge in [-0.05, 0) is 35.0 Å². The molecule has 0 bridgehead atoms. The van der Waals surface area contributed by atoms with Crippen LogP contribution in [0, 0.1) is 11.8 Å². The van der Waals surface area contributed by atoms with Crippen molar-refractivity contribution >= 4 is 32.9 Å². The molecule has 0 spiro atoms. The quantitative estimate of drug-likeness (QED) is 0.370. The van der Waals surface area contributed by atoms with Crippen molar-refractivity contribution in [3.63, 3.8) is 0 Å². The second-order valence-electron chi connectivity index (χ2n) is 5.75. The minimum Gasteiger partial charge on any atom is -0.398 e. The molecule has 4 N–H and O–H groups in total. The maximum atomic E-state index is 6.15. The number of hydrogen-bond acceptors (Lipinski definition) is 2. The first-order valence-electron chi connectivity index (χ1n) is 7.80. The zero-order valence-electron chi connectivity index (χ0n) is 13.1. The fourth-order valence-electron chi connectivity index (χ4n) is 3.08. The van der Waals surface area contributed by atoms with Gasteiger partial charge < -0.3 is 11.5 Å². The average Bonchev–Trinajstić information content (AvgIpc) is 2.60. The Morgan fingerprint density at radius 1 is 0.500 bits per heavy atom. The highest BCUT2D eigenvalue weighted by atomic mass is 14.6. The first-order chi connectivity index (χ1) is 11.7. The van der Waals surface area contributed by atoms with E-state index in [1.807, 2.05) is 72.8 Å². The minimum atomic E-state index is 0.745. The highest BCUT2D eigenvalue weighted by Gasteiger charge is 2.04. The smallest absolute Gasteiger partial charge is 0.0406 e. The van der Waals surface area contributed by atoms with Gasteiger partial charge in [0, 0.05) is 33.3 Å². The van der Waals surface area contributed by atoms with E-state index in [-0.39, 0.29) is 0 Å². The number of fused-ring (bicyclic) bond motifs is 2. The van der Waals surface area contributed by atoms with Gasteiger partial charge in [0.15, 0.2) is 0 Å². The monoisotopic (exact) mass is 308 g/mol. The third-order valence-corrected chi connectivity index (χ3v) is 4.21. The zero-order valence-corrected chi connectivity index (χ0v) is 13.1. The van der Waals surface area contributed by atoms with Crippen LogP contribution >= 0.6 is 0 Å². The van der Waals surface area contributed by atoms with Gasteiger partial charge in [-0.1, -0.05) is 60.4 Å². The minimum absolute atomic E-state index is 0.745. The van der Waals surface area contributed by atoms with E-state index in [1.165, 1.54) is 0 Å². The number of hydrogen-bond donors (Lipinski definition) is 2. The summed E-state index contributed by atoms with van der Waals surface area (Å²) in [4.78, 5) is 0. The molecule has 0 saturated heterocycles. The topological polar surface area (TPSA) is 52.0 Å². The molecule has 24 heavy (non-hydrogen) atoms. The van der Waals surface area contributed by atoms with Gasteiger partial charge in [-0.25, -0.2) is 0 Å². The highest BCUT2D eigenvalue weighted by molar-refractivity contribution is 5.99. The van der Waals surface area contributed by atoms with E-state index in [2.05, 4.69) is 11.8 Å². The maximum absolute atomic E-state index is 6.15. The molecule has 0 aromatic heterocycles. The molecule has 0 aliphatic rings. The van der Waals surface area contributed by atoms with Crippen molar-refractivity contribution in [1.82, 2.24) is 0 Å². The Hall–Kier alpha value is -3.44. The summed E-state index contributed by atoms with van der Waals surface area (Å²) in [6, 6.07) is 23.9. The van der Waals surface area contributed by atoms with Crippen molar-refractivity contribution in [2.24, 2.45) is 0 Å². The van der Waals surface area contributed by atoms with E-state index < -0.39 is 0 Å². The molecular formula is C22H16N2. The van der Waals surface area contributed by atoms with Crippen LogP contribution in [0.5, 0.6) is 0 Å². The van der Waals surface area contributed by atoms with Gasteiger partial charge in [-0.3, -0.25) is 0 Å². The van der Waals surface area contributed by atoms with Gasteiger partial charge in [0.1, 0.15) is 0 Å². The van der Waals surface area contributed by atoms with Crippen LogP contribution in [0.25, 0.3) is 21.5 Å². The fourth-order valence-corrected chi connectivity index (χ4v) is 3.08. The van der Waals surface area contributed by atoms with Crippen LogP contribution in [-0.2, 0) is 0 Å². The Morgan fingerprint density at radius 2 is 0.875 bits per heavy atom. The average molecular weight is 308 g/mol. The van der Waals surface area contributed by atoms with Gasteiger partial charge in [0.05, 0.1) is 0 Å². The Labute approximate surface area is 140 Å². The molecule has 4 aromatic carbocycles. The number of nitrogen functional groups attached to an aromatic ring is 2. The predicted molar refractivity (Wildman–Crippen MR) is 103 cm³/mol. The third kappa shape index (κ3) is 2.33. The summed E-state index contributed by atoms with van der Waals surface area (Å²) in [5.41, 5.74) is 15.7. The summed E-state index contributed by atoms with van der Waals surface area (Å²) < 4.78 is 0. The molecule has 0 aliphatic carbocycles. The Morgan fingerprint density at radius 3 is 1.29 bits per heavy atom. The van der Waals surface area contributed by atoms with Crippen LogP contribution < -0.4 is 11.5 Å². The Kier molecular flexibility index (Phi) is 3.33. The molecule has 0 aliphatic heterocycles. The number of nitrogens with two attached hydrogens (primary N) is 2. The number of anilines is 2. The lowest BCUT2D eigenvalue weighted by molar-refractivity contribution is 1.67. The summed E-state index contributed by atoms with van der Waals surface area (Å²) in [5, 5.41) is 4.19. The molecule has 4 rings (SSSR count). The molecule has 0 amide bonds. The van der Waals surface area contributed by atoms with Crippen molar-refractivity contribution in [3.8, 4) is 11.8 Å². The van der Waals surface area contributed by atoms with Gasteiger partial charge in [-0.15, -0.1) is 0 Å². The van der Waals surface area contributed by atoms with E-state index >= 15 is 0 Å². The van der Waals surface area contributed by atoms with E-state index in [9.17, 15) is 0 Å². The lowest BCUT2D eigenvalue weighted by atomic mass is 10.0. The molecule has 2 heteroatoms. The van der Waals surface area contributed by atoms with Crippen LogP contribution in [0.3, 0.4) is 0 Å². The summed E-state index contributed by atoms with van der Waals surface area (Å²) in [6.45, 7) is 0. The summed E-state index contributed by atoms with van der Waals surface area (Å²) in [6.07, 6.45) is 0. The van der Waals surface area contributed by atoms with Gasteiger partial charge >= 0.3 is 0 Å². The van der Waals surface area contributed by atoms with Crippen molar-refractivity contribution in [3.05, 3.63) is 83.9 Å². The van der Waals surface area contributed by atoms with E-state index in [4.69, 9.17) is 11.5 Å². The molecule has 0 radical (unpaired) electrons. The summed E-state index contributed by atoms with van der Waals surface area (Å²) in [5.74, 6) is 6.56. The van der Waals surface area contributed by atoms with Crippen LogP contribution in [0.15, 0.2) is 72.8 Å². The zero-order chi connectivity index (χ0) is 16.5. The number of benzene rings is 4. The lowest BCUT2D eigenvalue weighted by Crippen LogP contribution is -1.90. The molecule has 0 unspecified atom stereocenters. The molecule has 0 fully saturated rings. The van der Waals surface area contributed by atoms with Crippen molar-refractivity contribution in [2.75, 3.05) is 11.5 Å². The fraction of sp³-hybridized carbons (Fsp3) is 0. The SMILES string of the molecule is Nc1cccc2cccc(C#Cc3cccc4cccc(N)c34)c12. The molecule has 4 aromatic rings. The molecule has 2 nitrogen and oxygen atoms in total. The second kappa shape index (κ2) is 5.64. The third-order valence-electron chi connectivity index (χ3n) is 4.21. The van der Waals surface area contributed by atoms with Gasteiger partial charge in [0.2, 0.25) is 0 Å². The van der Waals surface area contributed by atoms with Crippen LogP contribution in [0.1, 0.15) is 11.1 Å². The first kappa shape index (κ1) is 14.2. The normalized spacial score (nSPS) is 10.5. The Balaban J connectivity index is 1.93. The predicted octanol–water partition coefficient (Wildman–Crippen LogP) is 4.56. The van der Waals surface area contributed by atoms with Crippen LogP contribution in [0.4, 0.5) is 11.4 Å². The molecule has 114 valence electrons. The molecule has 0 heterocycles. The maximum Gasteiger partial charge on any atom is 0.0406 e. The second-order valence-corrected chi connectivity index (χ2v) is 5.75. The largest absolute Gasteiger partial charge is 0.398 e. The molecule has 0 atom stereocenters. The van der Waals surface area contributed by atoms with Crippen molar-refractivity contribution < 1.29 is 0 Å². The molecular weight excluding hydrogens is 292 g/mol. The standard InChI is InChI=1S/C22H16N2/c23-19-11-3-9-15-5-1-7-17(21(15)19)13-14-18-8-2-6-16-10-4-12-20(24)22(16)18/h1-12H,23-24H2. The van der Waals surface area contributed by atoms with E-state index in [0.29, 0.717) is 0 Å². The number of rotatable bonds is 0. The molecule has 0 saturated carbocycles. The summed E-state index contributed by atoms with van der Waals surface area (Å²) >= 11 is 0. The first-order valence-corrected chi connectivity index (χ1v) is 7.80.